The van der Waals surface area contributed by atoms with E-state index in [0.717, 1.165) is 10.6 Å². The minimum atomic E-state index is -0.612. The molecule has 1 aromatic heterocycles. The van der Waals surface area contributed by atoms with Crippen molar-refractivity contribution >= 4 is 28.8 Å². The maximum absolute atomic E-state index is 12.3. The van der Waals surface area contributed by atoms with Gasteiger partial charge in [0, 0.05) is 29.1 Å². The summed E-state index contributed by atoms with van der Waals surface area (Å²) < 4.78 is 5.08. The van der Waals surface area contributed by atoms with Crippen LogP contribution in [0.2, 0.25) is 0 Å². The van der Waals surface area contributed by atoms with E-state index in [2.05, 4.69) is 10.6 Å². The zero-order chi connectivity index (χ0) is 19.6. The van der Waals surface area contributed by atoms with Gasteiger partial charge in [-0.1, -0.05) is 19.1 Å². The standard InChI is InChI=1S/C20H25N3O3S/c1-3-14(23-20(25)18(21)13-17-5-4-12-27-17)8-11-19(24)22-15-6-9-16(26-2)10-7-15/h4-12,14,18H,3,13,21H2,1-2H3,(H,22,24)(H,23,25)/b11-8+/t14-,18-/m0/s1. The Morgan fingerprint density at radius 1 is 1.26 bits per heavy atom. The zero-order valence-corrected chi connectivity index (χ0v) is 16.3. The first kappa shape index (κ1) is 20.7. The molecular formula is C20H25N3O3S. The van der Waals surface area contributed by atoms with E-state index in [4.69, 9.17) is 10.5 Å². The van der Waals surface area contributed by atoms with E-state index < -0.39 is 6.04 Å². The molecule has 2 atom stereocenters. The second kappa shape index (κ2) is 10.5. The van der Waals surface area contributed by atoms with Crippen molar-refractivity contribution in [2.45, 2.75) is 31.8 Å². The Kier molecular flexibility index (Phi) is 8.03. The van der Waals surface area contributed by atoms with Crippen molar-refractivity contribution in [3.63, 3.8) is 0 Å². The number of hydrogen-bond acceptors (Lipinski definition) is 5. The highest BCUT2D eigenvalue weighted by molar-refractivity contribution is 7.09. The molecule has 0 bridgehead atoms. The number of carbonyl (C=O) groups is 2. The molecular weight excluding hydrogens is 362 g/mol. The average molecular weight is 388 g/mol. The summed E-state index contributed by atoms with van der Waals surface area (Å²) in [6.45, 7) is 1.93. The van der Waals surface area contributed by atoms with Crippen LogP contribution in [-0.4, -0.2) is 31.0 Å². The van der Waals surface area contributed by atoms with E-state index in [9.17, 15) is 9.59 Å². The second-order valence-electron chi connectivity index (χ2n) is 5.99. The predicted octanol–water partition coefficient (Wildman–Crippen LogP) is 2.72. The van der Waals surface area contributed by atoms with Crippen LogP contribution in [0.5, 0.6) is 5.75 Å². The van der Waals surface area contributed by atoms with Gasteiger partial charge in [-0.2, -0.15) is 0 Å². The lowest BCUT2D eigenvalue weighted by Crippen LogP contribution is -2.45. The number of thiophene rings is 1. The van der Waals surface area contributed by atoms with Gasteiger partial charge in [-0.05, 0) is 42.1 Å². The summed E-state index contributed by atoms with van der Waals surface area (Å²) in [6, 6.07) is 10.1. The summed E-state index contributed by atoms with van der Waals surface area (Å²) in [6.07, 6.45) is 4.25. The molecule has 7 heteroatoms. The summed E-state index contributed by atoms with van der Waals surface area (Å²) in [7, 11) is 1.59. The van der Waals surface area contributed by atoms with Crippen LogP contribution in [0.1, 0.15) is 18.2 Å². The number of benzene rings is 1. The zero-order valence-electron chi connectivity index (χ0n) is 15.5. The van der Waals surface area contributed by atoms with Gasteiger partial charge in [-0.15, -0.1) is 11.3 Å². The first-order valence-electron chi connectivity index (χ1n) is 8.73. The molecule has 4 N–H and O–H groups in total. The molecule has 6 nitrogen and oxygen atoms in total. The Morgan fingerprint density at radius 3 is 2.59 bits per heavy atom. The van der Waals surface area contributed by atoms with Crippen molar-refractivity contribution in [1.82, 2.24) is 5.32 Å². The third kappa shape index (κ3) is 6.88. The molecule has 2 aromatic rings. The van der Waals surface area contributed by atoms with E-state index in [1.807, 2.05) is 24.4 Å². The fourth-order valence-electron chi connectivity index (χ4n) is 2.38. The Bertz CT molecular complexity index is 757. The molecule has 0 radical (unpaired) electrons. The number of hydrogen-bond donors (Lipinski definition) is 3. The van der Waals surface area contributed by atoms with E-state index in [0.29, 0.717) is 18.5 Å². The second-order valence-corrected chi connectivity index (χ2v) is 7.02. The predicted molar refractivity (Wildman–Crippen MR) is 109 cm³/mol. The maximum atomic E-state index is 12.3. The molecule has 0 saturated heterocycles. The van der Waals surface area contributed by atoms with Crippen molar-refractivity contribution < 1.29 is 14.3 Å². The molecule has 2 rings (SSSR count). The highest BCUT2D eigenvalue weighted by Crippen LogP contribution is 2.15. The molecule has 144 valence electrons. The van der Waals surface area contributed by atoms with Crippen LogP contribution in [0.3, 0.4) is 0 Å². The molecule has 0 saturated carbocycles. The quantitative estimate of drug-likeness (QED) is 0.577. The Hall–Kier alpha value is -2.64. The summed E-state index contributed by atoms with van der Waals surface area (Å²) >= 11 is 1.58. The van der Waals surface area contributed by atoms with E-state index in [1.54, 1.807) is 48.8 Å². The molecule has 0 spiro atoms. The smallest absolute Gasteiger partial charge is 0.248 e. The summed E-state index contributed by atoms with van der Waals surface area (Å²) in [5.74, 6) is 0.224. The van der Waals surface area contributed by atoms with Gasteiger partial charge in [0.15, 0.2) is 0 Å². The average Bonchev–Trinajstić information content (AvgIpc) is 3.18. The highest BCUT2D eigenvalue weighted by atomic mass is 32.1. The molecule has 1 heterocycles. The van der Waals surface area contributed by atoms with Gasteiger partial charge in [0.2, 0.25) is 11.8 Å². The van der Waals surface area contributed by atoms with Crippen molar-refractivity contribution in [3.05, 3.63) is 58.8 Å². The topological polar surface area (TPSA) is 93.5 Å². The number of nitrogens with two attached hydrogens (primary N) is 1. The first-order valence-corrected chi connectivity index (χ1v) is 9.61. The van der Waals surface area contributed by atoms with E-state index in [1.165, 1.54) is 6.08 Å². The number of methoxy groups -OCH3 is 1. The van der Waals surface area contributed by atoms with Crippen LogP contribution >= 0.6 is 11.3 Å². The maximum Gasteiger partial charge on any atom is 0.248 e. The normalized spacial score (nSPS) is 13.1. The van der Waals surface area contributed by atoms with Gasteiger partial charge in [0.05, 0.1) is 13.2 Å². The van der Waals surface area contributed by atoms with Crippen LogP contribution in [0.15, 0.2) is 53.9 Å². The van der Waals surface area contributed by atoms with Gasteiger partial charge in [0.25, 0.3) is 0 Å². The molecule has 0 fully saturated rings. The minimum absolute atomic E-state index is 0.226. The first-order chi connectivity index (χ1) is 13.0. The van der Waals surface area contributed by atoms with Crippen molar-refractivity contribution in [1.29, 1.82) is 0 Å². The third-order valence-electron chi connectivity index (χ3n) is 3.94. The van der Waals surface area contributed by atoms with Gasteiger partial charge in [-0.3, -0.25) is 9.59 Å². The molecule has 0 aliphatic carbocycles. The summed E-state index contributed by atoms with van der Waals surface area (Å²) in [5, 5.41) is 7.59. The lowest BCUT2D eigenvalue weighted by atomic mass is 10.1. The molecule has 1 aromatic carbocycles. The van der Waals surface area contributed by atoms with Crippen molar-refractivity contribution in [3.8, 4) is 5.75 Å². The SMILES string of the molecule is CC[C@@H](/C=C/C(=O)Nc1ccc(OC)cc1)NC(=O)[C@@H](N)Cc1cccs1. The van der Waals surface area contributed by atoms with Crippen LogP contribution < -0.4 is 21.1 Å². The molecule has 0 aliphatic rings. The number of nitrogens with one attached hydrogen (secondary N) is 2. The Labute approximate surface area is 163 Å². The molecule has 2 amide bonds. The highest BCUT2D eigenvalue weighted by Gasteiger charge is 2.17. The monoisotopic (exact) mass is 387 g/mol. The molecule has 0 unspecified atom stereocenters. The van der Waals surface area contributed by atoms with Crippen LogP contribution in [-0.2, 0) is 16.0 Å². The molecule has 27 heavy (non-hydrogen) atoms. The number of carbonyl (C=O) groups excluding carboxylic acids is 2. The van der Waals surface area contributed by atoms with Gasteiger partial charge < -0.3 is 21.1 Å². The fourth-order valence-corrected chi connectivity index (χ4v) is 3.14. The minimum Gasteiger partial charge on any atom is -0.497 e. The van der Waals surface area contributed by atoms with Crippen molar-refractivity contribution in [2.75, 3.05) is 12.4 Å². The lowest BCUT2D eigenvalue weighted by Gasteiger charge is -2.16. The Morgan fingerprint density at radius 2 is 2.00 bits per heavy atom. The summed E-state index contributed by atoms with van der Waals surface area (Å²) in [5.41, 5.74) is 6.64. The van der Waals surface area contributed by atoms with Gasteiger partial charge >= 0.3 is 0 Å². The van der Waals surface area contributed by atoms with Gasteiger partial charge in [0.1, 0.15) is 5.75 Å². The number of anilines is 1. The van der Waals surface area contributed by atoms with Crippen LogP contribution in [0.4, 0.5) is 5.69 Å². The Balaban J connectivity index is 1.84. The summed E-state index contributed by atoms with van der Waals surface area (Å²) in [4.78, 5) is 25.4. The van der Waals surface area contributed by atoms with Gasteiger partial charge in [-0.25, -0.2) is 0 Å². The third-order valence-corrected chi connectivity index (χ3v) is 4.84. The van der Waals surface area contributed by atoms with Crippen LogP contribution in [0.25, 0.3) is 0 Å². The van der Waals surface area contributed by atoms with E-state index in [-0.39, 0.29) is 17.9 Å². The fraction of sp³-hybridized carbons (Fsp3) is 0.300. The van der Waals surface area contributed by atoms with Crippen molar-refractivity contribution in [2.24, 2.45) is 5.73 Å². The lowest BCUT2D eigenvalue weighted by molar-refractivity contribution is -0.122. The molecule has 0 aliphatic heterocycles. The van der Waals surface area contributed by atoms with E-state index >= 15 is 0 Å². The van der Waals surface area contributed by atoms with Crippen LogP contribution in [0, 0.1) is 0 Å². The number of amides is 2. The number of rotatable bonds is 9. The number of ether oxygens (including phenoxy) is 1. The largest absolute Gasteiger partial charge is 0.497 e.